The summed E-state index contributed by atoms with van der Waals surface area (Å²) in [5, 5.41) is 14.2. The average Bonchev–Trinajstić information content (AvgIpc) is 2.44. The van der Waals surface area contributed by atoms with Gasteiger partial charge in [0.2, 0.25) is 0 Å². The zero-order valence-corrected chi connectivity index (χ0v) is 11.6. The van der Waals surface area contributed by atoms with Gasteiger partial charge in [-0.15, -0.1) is 0 Å². The number of carbonyl (C=O) groups is 1. The Hall–Kier alpha value is -2.19. The normalized spacial score (nSPS) is 11.9. The minimum absolute atomic E-state index is 0.251. The fourth-order valence-corrected chi connectivity index (χ4v) is 2.57. The molecule has 0 atom stereocenters. The molecule has 0 saturated carbocycles. The quantitative estimate of drug-likeness (QED) is 0.562. The first-order valence-electron chi connectivity index (χ1n) is 6.66. The fourth-order valence-electron chi connectivity index (χ4n) is 2.57. The van der Waals surface area contributed by atoms with Gasteiger partial charge in [0.15, 0.2) is 5.78 Å². The number of rotatable bonds is 2. The van der Waals surface area contributed by atoms with Crippen molar-refractivity contribution in [3.63, 3.8) is 0 Å². The molecule has 1 N–H and O–H groups in total. The van der Waals surface area contributed by atoms with Crippen LogP contribution in [-0.2, 0) is 0 Å². The Morgan fingerprint density at radius 2 is 1.55 bits per heavy atom. The van der Waals surface area contributed by atoms with Crippen molar-refractivity contribution in [1.82, 2.24) is 0 Å². The van der Waals surface area contributed by atoms with E-state index < -0.39 is 5.60 Å². The zero-order valence-electron chi connectivity index (χ0n) is 11.6. The number of benzene rings is 3. The Balaban J connectivity index is 2.36. The first-order chi connectivity index (χ1) is 9.48. The lowest BCUT2D eigenvalue weighted by Gasteiger charge is -2.17. The number of hydrogen-bond donors (Lipinski definition) is 1. The van der Waals surface area contributed by atoms with Crippen molar-refractivity contribution < 1.29 is 9.90 Å². The third-order valence-corrected chi connectivity index (χ3v) is 3.59. The summed E-state index contributed by atoms with van der Waals surface area (Å²) in [5.41, 5.74) is -0.791. The minimum atomic E-state index is -1.36. The first kappa shape index (κ1) is 12.8. The van der Waals surface area contributed by atoms with Gasteiger partial charge in [0, 0.05) is 5.56 Å². The van der Waals surface area contributed by atoms with E-state index in [0.717, 1.165) is 21.5 Å². The Morgan fingerprint density at radius 1 is 0.850 bits per heavy atom. The van der Waals surface area contributed by atoms with Crippen LogP contribution in [-0.4, -0.2) is 16.5 Å². The summed E-state index contributed by atoms with van der Waals surface area (Å²) in [6, 6.07) is 17.7. The topological polar surface area (TPSA) is 37.3 Å². The molecule has 0 fully saturated rings. The summed E-state index contributed by atoms with van der Waals surface area (Å²) < 4.78 is 0. The summed E-state index contributed by atoms with van der Waals surface area (Å²) in [7, 11) is 0. The van der Waals surface area contributed by atoms with Crippen molar-refractivity contribution in [3.8, 4) is 0 Å². The van der Waals surface area contributed by atoms with Crippen LogP contribution in [0.2, 0.25) is 0 Å². The van der Waals surface area contributed by atoms with E-state index in [1.165, 1.54) is 13.8 Å². The van der Waals surface area contributed by atoms with Crippen molar-refractivity contribution in [2.45, 2.75) is 19.4 Å². The number of fused-ring (bicyclic) bond motifs is 3. The third-order valence-electron chi connectivity index (χ3n) is 3.59. The van der Waals surface area contributed by atoms with Crippen molar-refractivity contribution in [2.24, 2.45) is 0 Å². The van der Waals surface area contributed by atoms with Gasteiger partial charge in [0.1, 0.15) is 5.60 Å². The number of ketones is 1. The van der Waals surface area contributed by atoms with E-state index in [1.54, 1.807) is 6.07 Å². The van der Waals surface area contributed by atoms with E-state index in [9.17, 15) is 9.90 Å². The molecule has 2 nitrogen and oxygen atoms in total. The fraction of sp³-hybridized carbons (Fsp3) is 0.167. The maximum Gasteiger partial charge on any atom is 0.194 e. The molecule has 0 aliphatic carbocycles. The zero-order chi connectivity index (χ0) is 14.3. The predicted octanol–water partition coefficient (Wildman–Crippen LogP) is 3.95. The van der Waals surface area contributed by atoms with Crippen LogP contribution in [0.25, 0.3) is 21.5 Å². The van der Waals surface area contributed by atoms with Crippen molar-refractivity contribution in [3.05, 3.63) is 60.2 Å². The highest BCUT2D eigenvalue weighted by Gasteiger charge is 2.26. The van der Waals surface area contributed by atoms with Crippen molar-refractivity contribution in [1.29, 1.82) is 0 Å². The van der Waals surface area contributed by atoms with Crippen molar-refractivity contribution >= 4 is 27.3 Å². The number of carbonyl (C=O) groups excluding carboxylic acids is 1. The maximum atomic E-state index is 12.4. The molecular weight excluding hydrogens is 248 g/mol. The lowest BCUT2D eigenvalue weighted by molar-refractivity contribution is 0.0490. The summed E-state index contributed by atoms with van der Waals surface area (Å²) in [6.45, 7) is 3.05. The van der Waals surface area contributed by atoms with Gasteiger partial charge in [0.05, 0.1) is 0 Å². The highest BCUT2D eigenvalue weighted by Crippen LogP contribution is 2.29. The van der Waals surface area contributed by atoms with E-state index in [0.29, 0.717) is 5.56 Å². The van der Waals surface area contributed by atoms with Crippen LogP contribution in [0.4, 0.5) is 0 Å². The maximum absolute atomic E-state index is 12.4. The monoisotopic (exact) mass is 264 g/mol. The smallest absolute Gasteiger partial charge is 0.194 e. The first-order valence-corrected chi connectivity index (χ1v) is 6.66. The molecular formula is C18H16O2. The number of aliphatic hydroxyl groups is 1. The summed E-state index contributed by atoms with van der Waals surface area (Å²) in [5.74, 6) is -0.251. The van der Waals surface area contributed by atoms with Crippen LogP contribution in [0.3, 0.4) is 0 Å². The van der Waals surface area contributed by atoms with Gasteiger partial charge in [-0.05, 0) is 35.4 Å². The van der Waals surface area contributed by atoms with Gasteiger partial charge < -0.3 is 5.11 Å². The largest absolute Gasteiger partial charge is 0.382 e. The molecule has 3 aromatic carbocycles. The Kier molecular flexibility index (Phi) is 2.84. The van der Waals surface area contributed by atoms with E-state index in [4.69, 9.17) is 0 Å². The van der Waals surface area contributed by atoms with Crippen LogP contribution >= 0.6 is 0 Å². The van der Waals surface area contributed by atoms with Crippen LogP contribution in [0.5, 0.6) is 0 Å². The molecule has 0 radical (unpaired) electrons. The second-order valence-corrected chi connectivity index (χ2v) is 5.58. The van der Waals surface area contributed by atoms with E-state index in [1.807, 2.05) is 36.4 Å². The number of hydrogen-bond acceptors (Lipinski definition) is 2. The van der Waals surface area contributed by atoms with Crippen LogP contribution in [0, 0.1) is 0 Å². The molecule has 0 unspecified atom stereocenters. The molecule has 0 amide bonds. The standard InChI is InChI=1S/C18H16O2/c1-18(2,20)17(19)16-9-5-8-14-13-7-4-3-6-12(13)10-11-15(14)16/h3-11,20H,1-2H3. The molecule has 0 spiro atoms. The third kappa shape index (κ3) is 1.98. The Labute approximate surface area is 117 Å². The molecule has 3 rings (SSSR count). The number of Topliss-reactive ketones (excluding diaryl/α,β-unsaturated/α-hetero) is 1. The van der Waals surface area contributed by atoms with E-state index in [-0.39, 0.29) is 5.78 Å². The molecule has 0 aliphatic heterocycles. The predicted molar refractivity (Wildman–Crippen MR) is 82.1 cm³/mol. The highest BCUT2D eigenvalue weighted by atomic mass is 16.3. The Morgan fingerprint density at radius 3 is 2.30 bits per heavy atom. The van der Waals surface area contributed by atoms with E-state index in [2.05, 4.69) is 12.1 Å². The highest BCUT2D eigenvalue weighted by molar-refractivity contribution is 6.17. The van der Waals surface area contributed by atoms with Crippen LogP contribution in [0.15, 0.2) is 54.6 Å². The van der Waals surface area contributed by atoms with Gasteiger partial charge in [-0.3, -0.25) is 4.79 Å². The van der Waals surface area contributed by atoms with Gasteiger partial charge in [-0.25, -0.2) is 0 Å². The van der Waals surface area contributed by atoms with Gasteiger partial charge in [0.25, 0.3) is 0 Å². The van der Waals surface area contributed by atoms with Gasteiger partial charge in [-0.2, -0.15) is 0 Å². The molecule has 0 aromatic heterocycles. The van der Waals surface area contributed by atoms with E-state index >= 15 is 0 Å². The second-order valence-electron chi connectivity index (χ2n) is 5.58. The lowest BCUT2D eigenvalue weighted by Crippen LogP contribution is -2.31. The molecule has 100 valence electrons. The minimum Gasteiger partial charge on any atom is -0.382 e. The van der Waals surface area contributed by atoms with Crippen molar-refractivity contribution in [2.75, 3.05) is 0 Å². The van der Waals surface area contributed by atoms with Crippen LogP contribution in [0.1, 0.15) is 24.2 Å². The molecule has 0 aliphatic rings. The summed E-state index contributed by atoms with van der Waals surface area (Å²) in [4.78, 5) is 12.4. The average molecular weight is 264 g/mol. The molecule has 20 heavy (non-hydrogen) atoms. The van der Waals surface area contributed by atoms with Gasteiger partial charge >= 0.3 is 0 Å². The lowest BCUT2D eigenvalue weighted by atomic mass is 9.91. The van der Waals surface area contributed by atoms with Crippen LogP contribution < -0.4 is 0 Å². The molecule has 3 aromatic rings. The summed E-state index contributed by atoms with van der Waals surface area (Å²) in [6.07, 6.45) is 0. The SMILES string of the molecule is CC(C)(O)C(=O)c1cccc2c1ccc1ccccc12. The molecule has 0 bridgehead atoms. The Bertz CT molecular complexity index is 810. The molecule has 2 heteroatoms. The molecule has 0 heterocycles. The van der Waals surface area contributed by atoms with Gasteiger partial charge in [-0.1, -0.05) is 54.6 Å². The second kappa shape index (κ2) is 4.43. The summed E-state index contributed by atoms with van der Waals surface area (Å²) >= 11 is 0. The molecule has 0 saturated heterocycles.